The molecular formula is C16H27N5O8P+. The molecule has 1 aliphatic rings. The van der Waals surface area contributed by atoms with Gasteiger partial charge in [-0.2, -0.15) is 0 Å². The standard InChI is InChI=1S/C16H26N5O8P/c1-15(2,29-30(26,27)16(3,4)24)5-8-10(22)11(23)14(28-8)20-6-18-9-12(17)21(25)7-19-13(9)20/h6-8,10-11,14,17,22-25H,5H2,1-4H3,(H,26,27)/p+1. The fourth-order valence-corrected chi connectivity index (χ4v) is 4.19. The number of hydrogen-bond donors (Lipinski definition) is 6. The van der Waals surface area contributed by atoms with E-state index in [0.717, 1.165) is 20.2 Å². The van der Waals surface area contributed by atoms with Crippen LogP contribution in [-0.4, -0.2) is 69.2 Å². The average molecular weight is 448 g/mol. The van der Waals surface area contributed by atoms with Gasteiger partial charge >= 0.3 is 7.60 Å². The van der Waals surface area contributed by atoms with Crippen LogP contribution < -0.4 is 10.5 Å². The molecule has 0 amide bonds. The second-order valence-electron chi connectivity index (χ2n) is 8.41. The molecule has 1 aliphatic heterocycles. The van der Waals surface area contributed by atoms with Gasteiger partial charge in [-0.1, -0.05) is 9.71 Å². The highest BCUT2D eigenvalue weighted by Crippen LogP contribution is 2.57. The van der Waals surface area contributed by atoms with E-state index in [2.05, 4.69) is 9.97 Å². The summed E-state index contributed by atoms with van der Waals surface area (Å²) in [5.74, 6) is -0.0665. The lowest BCUT2D eigenvalue weighted by Crippen LogP contribution is -2.38. The van der Waals surface area contributed by atoms with Crippen molar-refractivity contribution in [3.63, 3.8) is 0 Å². The highest BCUT2D eigenvalue weighted by molar-refractivity contribution is 7.54. The van der Waals surface area contributed by atoms with E-state index in [9.17, 15) is 30.0 Å². The Labute approximate surface area is 171 Å². The van der Waals surface area contributed by atoms with Crippen LogP contribution >= 0.6 is 7.60 Å². The van der Waals surface area contributed by atoms with Gasteiger partial charge in [0.25, 0.3) is 12.1 Å². The largest absolute Gasteiger partial charge is 0.388 e. The number of imidazole rings is 1. The second-order valence-corrected chi connectivity index (χ2v) is 10.7. The van der Waals surface area contributed by atoms with Gasteiger partial charge in [-0.05, 0) is 27.7 Å². The third-order valence-electron chi connectivity index (χ3n) is 4.91. The predicted octanol–water partition coefficient (Wildman–Crippen LogP) is -0.743. The monoisotopic (exact) mass is 448 g/mol. The van der Waals surface area contributed by atoms with Crippen LogP contribution in [-0.2, 0) is 13.8 Å². The Morgan fingerprint density at radius 1 is 1.30 bits per heavy atom. The molecule has 13 nitrogen and oxygen atoms in total. The summed E-state index contributed by atoms with van der Waals surface area (Å²) in [6.45, 7) is 5.32. The van der Waals surface area contributed by atoms with Crippen LogP contribution in [0, 0.1) is 0 Å². The number of nitrogens with zero attached hydrogens (tertiary/aromatic N) is 4. The van der Waals surface area contributed by atoms with Gasteiger partial charge in [0.05, 0.1) is 11.7 Å². The summed E-state index contributed by atoms with van der Waals surface area (Å²) < 4.78 is 25.3. The fraction of sp³-hybridized carbons (Fsp3) is 0.688. The van der Waals surface area contributed by atoms with E-state index < -0.39 is 43.1 Å². The van der Waals surface area contributed by atoms with Crippen LogP contribution in [0.25, 0.3) is 11.2 Å². The van der Waals surface area contributed by atoms with Crippen molar-refractivity contribution < 1.29 is 44.0 Å². The van der Waals surface area contributed by atoms with Gasteiger partial charge in [0.1, 0.15) is 18.5 Å². The molecule has 2 aromatic rings. The first kappa shape index (κ1) is 22.8. The molecular weight excluding hydrogens is 421 g/mol. The number of aliphatic hydroxyl groups excluding tert-OH is 2. The van der Waals surface area contributed by atoms with E-state index in [4.69, 9.17) is 15.0 Å². The Kier molecular flexibility index (Phi) is 5.61. The van der Waals surface area contributed by atoms with Gasteiger partial charge in [0.2, 0.25) is 11.2 Å². The first-order valence-corrected chi connectivity index (χ1v) is 10.7. The third-order valence-corrected chi connectivity index (χ3v) is 7.04. The number of anilines is 1. The number of aromatic nitrogens is 4. The first-order valence-electron chi connectivity index (χ1n) is 9.14. The maximum atomic E-state index is 12.3. The predicted molar refractivity (Wildman–Crippen MR) is 101 cm³/mol. The van der Waals surface area contributed by atoms with Crippen molar-refractivity contribution in [2.45, 2.75) is 69.6 Å². The van der Waals surface area contributed by atoms with Crippen molar-refractivity contribution in [2.75, 3.05) is 5.73 Å². The lowest BCUT2D eigenvalue weighted by atomic mass is 9.97. The van der Waals surface area contributed by atoms with E-state index >= 15 is 0 Å². The molecule has 0 saturated carbocycles. The van der Waals surface area contributed by atoms with Crippen LogP contribution in [0.4, 0.5) is 5.82 Å². The van der Waals surface area contributed by atoms with Crippen LogP contribution in [0.2, 0.25) is 0 Å². The minimum Gasteiger partial charge on any atom is -0.388 e. The summed E-state index contributed by atoms with van der Waals surface area (Å²) >= 11 is 0. The second kappa shape index (κ2) is 7.38. The molecule has 3 heterocycles. The van der Waals surface area contributed by atoms with Gasteiger partial charge in [-0.25, -0.2) is 4.98 Å². The quantitative estimate of drug-likeness (QED) is 0.185. The Bertz CT molecular complexity index is 990. The van der Waals surface area contributed by atoms with Crippen LogP contribution in [0.1, 0.15) is 40.3 Å². The molecule has 7 N–H and O–H groups in total. The molecule has 0 aliphatic carbocycles. The molecule has 0 aromatic carbocycles. The number of hydrogen-bond acceptors (Lipinski definition) is 10. The number of nitrogens with two attached hydrogens (primary N) is 1. The number of nitrogen functional groups attached to an aromatic ring is 1. The normalized spacial score (nSPS) is 27.5. The Morgan fingerprint density at radius 3 is 2.53 bits per heavy atom. The van der Waals surface area contributed by atoms with Crippen molar-refractivity contribution in [3.05, 3.63) is 12.7 Å². The maximum Gasteiger partial charge on any atom is 0.359 e. The molecule has 1 fully saturated rings. The molecule has 0 bridgehead atoms. The van der Waals surface area contributed by atoms with Crippen LogP contribution in [0.3, 0.4) is 0 Å². The molecule has 168 valence electrons. The summed E-state index contributed by atoms with van der Waals surface area (Å²) in [5, 5.41) is 38.5. The molecule has 5 unspecified atom stereocenters. The smallest absolute Gasteiger partial charge is 0.359 e. The SMILES string of the molecule is CC(C)(CC1OC(n2cnc3c(N)[n+](O)cnc32)C(O)C1O)OP(=O)(O)C(C)(C)O. The van der Waals surface area contributed by atoms with Crippen molar-refractivity contribution in [1.29, 1.82) is 0 Å². The van der Waals surface area contributed by atoms with Gasteiger partial charge in [-0.3, -0.25) is 9.13 Å². The lowest BCUT2D eigenvalue weighted by Gasteiger charge is -2.34. The van der Waals surface area contributed by atoms with E-state index in [1.165, 1.54) is 24.7 Å². The minimum absolute atomic E-state index is 0.0665. The van der Waals surface area contributed by atoms with Gasteiger partial charge < -0.3 is 40.4 Å². The number of ether oxygens (including phenoxy) is 1. The fourth-order valence-electron chi connectivity index (χ4n) is 3.23. The highest BCUT2D eigenvalue weighted by atomic mass is 31.2. The molecule has 0 spiro atoms. The van der Waals surface area contributed by atoms with Crippen LogP contribution in [0.15, 0.2) is 12.7 Å². The van der Waals surface area contributed by atoms with Crippen molar-refractivity contribution >= 4 is 24.6 Å². The summed E-state index contributed by atoms with van der Waals surface area (Å²) in [6.07, 6.45) is -2.49. The number of fused-ring (bicyclic) bond motifs is 1. The number of rotatable bonds is 6. The van der Waals surface area contributed by atoms with Gasteiger partial charge in [-0.15, -0.1) is 0 Å². The average Bonchev–Trinajstić information content (AvgIpc) is 3.13. The molecule has 14 heteroatoms. The van der Waals surface area contributed by atoms with E-state index in [-0.39, 0.29) is 23.4 Å². The van der Waals surface area contributed by atoms with E-state index in [0.29, 0.717) is 4.73 Å². The zero-order valence-corrected chi connectivity index (χ0v) is 17.8. The number of aliphatic hydroxyl groups is 3. The van der Waals surface area contributed by atoms with E-state index in [1.54, 1.807) is 0 Å². The van der Waals surface area contributed by atoms with Crippen molar-refractivity contribution in [1.82, 2.24) is 14.5 Å². The molecule has 0 radical (unpaired) electrons. The zero-order valence-electron chi connectivity index (χ0n) is 16.9. The topological polar surface area (TPSA) is 197 Å². The van der Waals surface area contributed by atoms with Crippen molar-refractivity contribution in [3.8, 4) is 0 Å². The Hall–Kier alpha value is -1.86. The maximum absolute atomic E-state index is 12.3. The molecule has 3 rings (SSSR count). The molecule has 1 saturated heterocycles. The van der Waals surface area contributed by atoms with Crippen LogP contribution in [0.5, 0.6) is 0 Å². The first-order chi connectivity index (χ1) is 13.6. The third kappa shape index (κ3) is 4.02. The highest BCUT2D eigenvalue weighted by Gasteiger charge is 2.49. The van der Waals surface area contributed by atoms with Gasteiger partial charge in [0.15, 0.2) is 11.6 Å². The van der Waals surface area contributed by atoms with Gasteiger partial charge in [0, 0.05) is 6.42 Å². The molecule has 5 atom stereocenters. The molecule has 2 aromatic heterocycles. The summed E-state index contributed by atoms with van der Waals surface area (Å²) in [5.41, 5.74) is 4.85. The minimum atomic E-state index is -4.41. The zero-order chi connectivity index (χ0) is 22.6. The summed E-state index contributed by atoms with van der Waals surface area (Å²) in [4.78, 5) is 18.1. The lowest BCUT2D eigenvalue weighted by molar-refractivity contribution is -0.894. The van der Waals surface area contributed by atoms with E-state index in [1.807, 2.05) is 0 Å². The summed E-state index contributed by atoms with van der Waals surface area (Å²) in [6, 6.07) is 0. The van der Waals surface area contributed by atoms with Crippen molar-refractivity contribution in [2.24, 2.45) is 0 Å². The summed E-state index contributed by atoms with van der Waals surface area (Å²) in [7, 11) is -4.41. The molecule has 30 heavy (non-hydrogen) atoms. The Balaban J connectivity index is 1.82. The Morgan fingerprint density at radius 2 is 1.93 bits per heavy atom.